The molecule has 7 heteroatoms. The van der Waals surface area contributed by atoms with Gasteiger partial charge >= 0.3 is 0 Å². The van der Waals surface area contributed by atoms with E-state index in [4.69, 9.17) is 4.43 Å². The molecule has 1 aliphatic rings. The highest BCUT2D eigenvalue weighted by Crippen LogP contribution is 2.60. The minimum atomic E-state index is -2.36. The largest absolute Gasteiger partial charge is 0.411 e. The van der Waals surface area contributed by atoms with Gasteiger partial charge in [-0.1, -0.05) is 194 Å². The van der Waals surface area contributed by atoms with Crippen LogP contribution in [0, 0.1) is 5.41 Å². The van der Waals surface area contributed by atoms with Crippen molar-refractivity contribution < 1.29 is 4.43 Å². The van der Waals surface area contributed by atoms with Crippen LogP contribution >= 0.6 is 0 Å². The number of rotatable bonds is 8. The molecule has 0 aliphatic carbocycles. The summed E-state index contributed by atoms with van der Waals surface area (Å²) in [5.74, 6) is 0. The number of benzene rings is 2. The molecule has 1 atom stereocenters. The normalized spacial score (nSPS) is 21.2. The quantitative estimate of drug-likeness (QED) is 0.259. The molecule has 0 saturated heterocycles. The Bertz CT molecular complexity index is 1250. The summed E-state index contributed by atoms with van der Waals surface area (Å²) >= 11 is 0. The summed E-state index contributed by atoms with van der Waals surface area (Å²) in [7, 11) is -11.8. The lowest BCUT2D eigenvalue weighted by atomic mass is 9.84. The standard InChI is InChI=1S/C34H60OSi6/c1-33(2,3)34(36(4,5)6)31(27-28-39(13,14)29-23-19-17-20-24-29)32(40(15,16)30-25-21-18-22-26-30)41(35-34,37(7,8)9)38(10,11)12/h17-28H,1-16H3/b28-27+. The molecule has 1 nitrogen and oxygen atoms in total. The summed E-state index contributed by atoms with van der Waals surface area (Å²) in [5, 5.41) is 2.85. The third kappa shape index (κ3) is 5.74. The van der Waals surface area contributed by atoms with Crippen LogP contribution < -0.4 is 10.4 Å². The Labute approximate surface area is 259 Å². The van der Waals surface area contributed by atoms with Gasteiger partial charge in [-0.3, -0.25) is 0 Å². The van der Waals surface area contributed by atoms with Crippen molar-refractivity contribution in [3.05, 3.63) is 82.8 Å². The third-order valence-electron chi connectivity index (χ3n) is 9.84. The van der Waals surface area contributed by atoms with Crippen LogP contribution in [0.3, 0.4) is 0 Å². The lowest BCUT2D eigenvalue weighted by molar-refractivity contribution is 0.0772. The lowest BCUT2D eigenvalue weighted by Gasteiger charge is -2.57. The monoisotopic (exact) mass is 652 g/mol. The minimum Gasteiger partial charge on any atom is -0.411 e. The van der Waals surface area contributed by atoms with Crippen molar-refractivity contribution in [1.29, 1.82) is 0 Å². The van der Waals surface area contributed by atoms with Crippen LogP contribution in [0.2, 0.25) is 85.1 Å². The third-order valence-corrected chi connectivity index (χ3v) is 57.9. The summed E-state index contributed by atoms with van der Waals surface area (Å²) in [4.78, 5) is 1.88. The molecule has 41 heavy (non-hydrogen) atoms. The zero-order valence-electron chi connectivity index (χ0n) is 29.3. The maximum atomic E-state index is 8.45. The minimum absolute atomic E-state index is 0.00391. The molecule has 0 N–H and O–H groups in total. The Balaban J connectivity index is 2.64. The highest BCUT2D eigenvalue weighted by molar-refractivity contribution is 7.71. The maximum absolute atomic E-state index is 8.45. The van der Waals surface area contributed by atoms with Crippen molar-refractivity contribution in [3.8, 4) is 0 Å². The molecule has 2 aromatic carbocycles. The molecule has 0 radical (unpaired) electrons. The molecule has 0 aromatic heterocycles. The molecule has 2 aromatic rings. The van der Waals surface area contributed by atoms with Crippen molar-refractivity contribution in [2.75, 3.05) is 0 Å². The Kier molecular flexibility index (Phi) is 9.27. The molecule has 226 valence electrons. The smallest absolute Gasteiger partial charge is 0.190 e. The van der Waals surface area contributed by atoms with E-state index in [0.29, 0.717) is 0 Å². The first-order chi connectivity index (χ1) is 18.4. The molecular weight excluding hydrogens is 593 g/mol. The van der Waals surface area contributed by atoms with Gasteiger partial charge in [0.1, 0.15) is 16.1 Å². The average Bonchev–Trinajstić information content (AvgIpc) is 3.19. The Hall–Kier alpha value is -0.819. The first kappa shape index (κ1) is 34.7. The first-order valence-corrected chi connectivity index (χ1v) is 36.1. The van der Waals surface area contributed by atoms with Gasteiger partial charge in [0.15, 0.2) is 7.35 Å². The van der Waals surface area contributed by atoms with Crippen molar-refractivity contribution in [1.82, 2.24) is 0 Å². The SMILES string of the molecule is CC(C)(C)C1([Si](C)(C)C)O[Si]([Si](C)(C)C)([Si](C)(C)C)C([Si](C)(C)c2ccccc2)=C1/C=C/[Si](C)(C)c1ccccc1. The van der Waals surface area contributed by atoms with Crippen molar-refractivity contribution in [2.24, 2.45) is 5.41 Å². The highest BCUT2D eigenvalue weighted by atomic mass is 29.7. The van der Waals surface area contributed by atoms with Gasteiger partial charge in [0.2, 0.25) is 0 Å². The van der Waals surface area contributed by atoms with Crippen molar-refractivity contribution in [2.45, 2.75) is 111 Å². The molecule has 1 unspecified atom stereocenters. The van der Waals surface area contributed by atoms with Gasteiger partial charge in [0.05, 0.1) is 28.5 Å². The van der Waals surface area contributed by atoms with E-state index in [-0.39, 0.29) is 10.6 Å². The summed E-state index contributed by atoms with van der Waals surface area (Å²) in [6.45, 7) is 41.6. The Morgan fingerprint density at radius 2 is 1.05 bits per heavy atom. The van der Waals surface area contributed by atoms with Gasteiger partial charge < -0.3 is 4.43 Å². The lowest BCUT2D eigenvalue weighted by Crippen LogP contribution is -2.79. The fraction of sp³-hybridized carbons (Fsp3) is 0.529. The highest BCUT2D eigenvalue weighted by Gasteiger charge is 2.73. The number of hydrogen-bond acceptors (Lipinski definition) is 1. The predicted octanol–water partition coefficient (Wildman–Crippen LogP) is 9.16. The summed E-state index contributed by atoms with van der Waals surface area (Å²) < 4.78 is 8.45. The van der Waals surface area contributed by atoms with E-state index in [0.717, 1.165) is 0 Å². The zero-order valence-corrected chi connectivity index (χ0v) is 35.3. The second kappa shape index (κ2) is 11.0. The van der Waals surface area contributed by atoms with Crippen LogP contribution in [0.15, 0.2) is 82.8 Å². The van der Waals surface area contributed by atoms with E-state index in [1.165, 1.54) is 5.19 Å². The fourth-order valence-corrected chi connectivity index (χ4v) is 75.8. The van der Waals surface area contributed by atoms with E-state index in [9.17, 15) is 0 Å². The molecule has 0 amide bonds. The van der Waals surface area contributed by atoms with E-state index in [2.05, 4.69) is 178 Å². The van der Waals surface area contributed by atoms with Gasteiger partial charge in [-0.15, -0.1) is 0 Å². The molecule has 0 spiro atoms. The van der Waals surface area contributed by atoms with E-state index < -0.39 is 46.8 Å². The van der Waals surface area contributed by atoms with E-state index in [1.807, 2.05) is 4.82 Å². The molecule has 0 saturated carbocycles. The molecule has 1 heterocycles. The van der Waals surface area contributed by atoms with Crippen LogP contribution in [-0.2, 0) is 4.43 Å². The van der Waals surface area contributed by atoms with Crippen LogP contribution in [0.5, 0.6) is 0 Å². The van der Waals surface area contributed by atoms with Gasteiger partial charge in [0, 0.05) is 0 Å². The first-order valence-electron chi connectivity index (χ1n) is 15.6. The van der Waals surface area contributed by atoms with Gasteiger partial charge in [-0.2, -0.15) is 0 Å². The predicted molar refractivity (Wildman–Crippen MR) is 202 cm³/mol. The van der Waals surface area contributed by atoms with Crippen LogP contribution in [0.4, 0.5) is 0 Å². The Morgan fingerprint density at radius 1 is 0.634 bits per heavy atom. The molecule has 3 rings (SSSR count). The molecular formula is C34H60OSi6. The van der Waals surface area contributed by atoms with E-state index >= 15 is 0 Å². The molecule has 0 fully saturated rings. The Morgan fingerprint density at radius 3 is 1.41 bits per heavy atom. The second-order valence-corrected chi connectivity index (χ2v) is 57.8. The number of hydrogen-bond donors (Lipinski definition) is 0. The fourth-order valence-electron chi connectivity index (χ4n) is 8.35. The van der Waals surface area contributed by atoms with Crippen LogP contribution in [0.1, 0.15) is 20.8 Å². The van der Waals surface area contributed by atoms with E-state index in [1.54, 1.807) is 10.8 Å². The van der Waals surface area contributed by atoms with Crippen LogP contribution in [0.25, 0.3) is 0 Å². The molecule has 0 bridgehead atoms. The average molecular weight is 653 g/mol. The second-order valence-electron chi connectivity index (χ2n) is 17.7. The van der Waals surface area contributed by atoms with Crippen molar-refractivity contribution in [3.63, 3.8) is 0 Å². The van der Waals surface area contributed by atoms with Gasteiger partial charge in [-0.25, -0.2) is 0 Å². The van der Waals surface area contributed by atoms with Crippen molar-refractivity contribution >= 4 is 57.1 Å². The topological polar surface area (TPSA) is 9.23 Å². The van der Waals surface area contributed by atoms with Gasteiger partial charge in [-0.05, 0) is 11.0 Å². The molecule has 1 aliphatic heterocycles. The zero-order chi connectivity index (χ0) is 31.5. The maximum Gasteiger partial charge on any atom is 0.190 e. The summed E-state index contributed by atoms with van der Waals surface area (Å²) in [6.07, 6.45) is 2.69. The summed E-state index contributed by atoms with van der Waals surface area (Å²) in [6, 6.07) is 22.8. The van der Waals surface area contributed by atoms with Gasteiger partial charge in [0.25, 0.3) is 0 Å². The van der Waals surface area contributed by atoms with Crippen LogP contribution in [-0.4, -0.2) is 52.0 Å². The summed E-state index contributed by atoms with van der Waals surface area (Å²) in [5.41, 5.74) is 4.31.